The zero-order chi connectivity index (χ0) is 11.5. The van der Waals surface area contributed by atoms with Crippen molar-refractivity contribution in [2.45, 2.75) is 26.0 Å². The maximum atomic E-state index is 12.1. The highest BCUT2D eigenvalue weighted by Gasteiger charge is 2.28. The molecule has 0 saturated carbocycles. The Kier molecular flexibility index (Phi) is 3.19. The first-order valence-corrected chi connectivity index (χ1v) is 5.46. The standard InChI is InChI=1S/C10H16N4O2/c1-3-14-9(6-11-12-14)10(15)13-5-4-8(7-13)16-2/h6,8H,3-5,7H2,1-2H3/t8-/m0/s1. The number of amides is 1. The van der Waals surface area contributed by atoms with Crippen molar-refractivity contribution in [3.63, 3.8) is 0 Å². The van der Waals surface area contributed by atoms with Gasteiger partial charge in [0, 0.05) is 26.7 Å². The van der Waals surface area contributed by atoms with Gasteiger partial charge in [-0.05, 0) is 13.3 Å². The number of likely N-dealkylation sites (tertiary alicyclic amines) is 1. The number of methoxy groups -OCH3 is 1. The van der Waals surface area contributed by atoms with Gasteiger partial charge in [-0.15, -0.1) is 5.10 Å². The monoisotopic (exact) mass is 224 g/mol. The second-order valence-electron chi connectivity index (χ2n) is 3.83. The maximum Gasteiger partial charge on any atom is 0.273 e. The summed E-state index contributed by atoms with van der Waals surface area (Å²) in [4.78, 5) is 13.9. The predicted octanol–water partition coefficient (Wildman–Crippen LogP) is 0.159. The first-order chi connectivity index (χ1) is 7.76. The molecular formula is C10H16N4O2. The van der Waals surface area contributed by atoms with Gasteiger partial charge >= 0.3 is 0 Å². The summed E-state index contributed by atoms with van der Waals surface area (Å²) < 4.78 is 6.85. The SMILES string of the molecule is CCn1nncc1C(=O)N1CC[C@H](OC)C1. The van der Waals surface area contributed by atoms with Crippen LogP contribution in [0.2, 0.25) is 0 Å². The van der Waals surface area contributed by atoms with Gasteiger partial charge in [0.05, 0.1) is 12.3 Å². The lowest BCUT2D eigenvalue weighted by molar-refractivity contribution is 0.0713. The van der Waals surface area contributed by atoms with E-state index in [9.17, 15) is 4.79 Å². The topological polar surface area (TPSA) is 60.2 Å². The third kappa shape index (κ3) is 1.92. The van der Waals surface area contributed by atoms with Crippen LogP contribution < -0.4 is 0 Å². The van der Waals surface area contributed by atoms with Gasteiger partial charge < -0.3 is 9.64 Å². The minimum atomic E-state index is -0.00796. The Morgan fingerprint density at radius 1 is 1.69 bits per heavy atom. The molecule has 0 N–H and O–H groups in total. The number of nitrogens with zero attached hydrogens (tertiary/aromatic N) is 4. The fourth-order valence-corrected chi connectivity index (χ4v) is 1.92. The molecule has 0 bridgehead atoms. The Hall–Kier alpha value is -1.43. The van der Waals surface area contributed by atoms with Gasteiger partial charge in [-0.25, -0.2) is 4.68 Å². The lowest BCUT2D eigenvalue weighted by atomic mass is 10.3. The molecule has 1 aliphatic heterocycles. The first-order valence-electron chi connectivity index (χ1n) is 5.46. The summed E-state index contributed by atoms with van der Waals surface area (Å²) in [6.07, 6.45) is 2.58. The first kappa shape index (κ1) is 11.1. The molecule has 1 atom stereocenters. The Labute approximate surface area is 94.2 Å². The normalized spacial score (nSPS) is 20.4. The average molecular weight is 224 g/mol. The van der Waals surface area contributed by atoms with Gasteiger partial charge in [0.25, 0.3) is 5.91 Å². The quantitative estimate of drug-likeness (QED) is 0.733. The number of aryl methyl sites for hydroxylation is 1. The molecule has 0 aromatic carbocycles. The summed E-state index contributed by atoms with van der Waals surface area (Å²) in [5.74, 6) is -0.00796. The van der Waals surface area contributed by atoms with Crippen molar-refractivity contribution in [1.29, 1.82) is 0 Å². The summed E-state index contributed by atoms with van der Waals surface area (Å²) >= 11 is 0. The molecule has 88 valence electrons. The number of carbonyl (C=O) groups excluding carboxylic acids is 1. The number of carbonyl (C=O) groups is 1. The van der Waals surface area contributed by atoms with Crippen LogP contribution in [-0.2, 0) is 11.3 Å². The number of hydrogen-bond donors (Lipinski definition) is 0. The van der Waals surface area contributed by atoms with Gasteiger partial charge in [0.2, 0.25) is 0 Å². The fraction of sp³-hybridized carbons (Fsp3) is 0.700. The van der Waals surface area contributed by atoms with E-state index in [-0.39, 0.29) is 12.0 Å². The van der Waals surface area contributed by atoms with E-state index in [1.165, 1.54) is 6.20 Å². The Morgan fingerprint density at radius 3 is 3.12 bits per heavy atom. The summed E-state index contributed by atoms with van der Waals surface area (Å²) in [7, 11) is 1.68. The number of aromatic nitrogens is 3. The zero-order valence-corrected chi connectivity index (χ0v) is 9.59. The van der Waals surface area contributed by atoms with E-state index in [1.807, 2.05) is 6.92 Å². The highest BCUT2D eigenvalue weighted by atomic mass is 16.5. The van der Waals surface area contributed by atoms with Crippen LogP contribution in [0.15, 0.2) is 6.20 Å². The molecule has 1 aromatic heterocycles. The second kappa shape index (κ2) is 4.61. The van der Waals surface area contributed by atoms with Gasteiger partial charge in [-0.3, -0.25) is 4.79 Å². The van der Waals surface area contributed by atoms with Crippen molar-refractivity contribution in [2.75, 3.05) is 20.2 Å². The molecule has 1 amide bonds. The van der Waals surface area contributed by atoms with Crippen LogP contribution in [0.25, 0.3) is 0 Å². The molecule has 1 aliphatic rings. The molecule has 0 radical (unpaired) electrons. The summed E-state index contributed by atoms with van der Waals surface area (Å²) in [6.45, 7) is 3.99. The fourth-order valence-electron chi connectivity index (χ4n) is 1.92. The highest BCUT2D eigenvalue weighted by molar-refractivity contribution is 5.92. The number of ether oxygens (including phenoxy) is 1. The van der Waals surface area contributed by atoms with Crippen molar-refractivity contribution in [2.24, 2.45) is 0 Å². The molecule has 0 unspecified atom stereocenters. The number of hydrogen-bond acceptors (Lipinski definition) is 4. The van der Waals surface area contributed by atoms with Crippen molar-refractivity contribution in [1.82, 2.24) is 19.9 Å². The van der Waals surface area contributed by atoms with E-state index in [0.29, 0.717) is 18.8 Å². The van der Waals surface area contributed by atoms with E-state index in [1.54, 1.807) is 16.7 Å². The van der Waals surface area contributed by atoms with Crippen molar-refractivity contribution < 1.29 is 9.53 Å². The molecule has 2 rings (SSSR count). The van der Waals surface area contributed by atoms with Gasteiger partial charge in [-0.1, -0.05) is 5.21 Å². The Morgan fingerprint density at radius 2 is 2.50 bits per heavy atom. The molecule has 1 fully saturated rings. The average Bonchev–Trinajstić information content (AvgIpc) is 2.96. The van der Waals surface area contributed by atoms with E-state index < -0.39 is 0 Å². The van der Waals surface area contributed by atoms with Crippen molar-refractivity contribution in [3.05, 3.63) is 11.9 Å². The van der Waals surface area contributed by atoms with E-state index in [0.717, 1.165) is 13.0 Å². The van der Waals surface area contributed by atoms with E-state index in [2.05, 4.69) is 10.3 Å². The molecule has 6 heteroatoms. The van der Waals surface area contributed by atoms with Crippen molar-refractivity contribution >= 4 is 5.91 Å². The zero-order valence-electron chi connectivity index (χ0n) is 9.59. The van der Waals surface area contributed by atoms with Crippen LogP contribution in [0, 0.1) is 0 Å². The smallest absolute Gasteiger partial charge is 0.273 e. The summed E-state index contributed by atoms with van der Waals surface area (Å²) in [5, 5.41) is 7.61. The van der Waals surface area contributed by atoms with Gasteiger partial charge in [0.15, 0.2) is 0 Å². The third-order valence-electron chi connectivity index (χ3n) is 2.90. The van der Waals surface area contributed by atoms with E-state index >= 15 is 0 Å². The third-order valence-corrected chi connectivity index (χ3v) is 2.90. The second-order valence-corrected chi connectivity index (χ2v) is 3.83. The molecule has 6 nitrogen and oxygen atoms in total. The molecular weight excluding hydrogens is 208 g/mol. The van der Waals surface area contributed by atoms with Crippen LogP contribution in [0.5, 0.6) is 0 Å². The molecule has 16 heavy (non-hydrogen) atoms. The predicted molar refractivity (Wildman–Crippen MR) is 57.0 cm³/mol. The highest BCUT2D eigenvalue weighted by Crippen LogP contribution is 2.14. The molecule has 2 heterocycles. The number of rotatable bonds is 3. The van der Waals surface area contributed by atoms with Gasteiger partial charge in [-0.2, -0.15) is 0 Å². The van der Waals surface area contributed by atoms with Crippen LogP contribution in [-0.4, -0.2) is 52.1 Å². The van der Waals surface area contributed by atoms with Crippen LogP contribution in [0.1, 0.15) is 23.8 Å². The molecule has 0 spiro atoms. The minimum Gasteiger partial charge on any atom is -0.380 e. The largest absolute Gasteiger partial charge is 0.380 e. The molecule has 0 aliphatic carbocycles. The lowest BCUT2D eigenvalue weighted by Crippen LogP contribution is -2.31. The van der Waals surface area contributed by atoms with Crippen LogP contribution >= 0.6 is 0 Å². The summed E-state index contributed by atoms with van der Waals surface area (Å²) in [6, 6.07) is 0. The maximum absolute atomic E-state index is 12.1. The molecule has 1 saturated heterocycles. The lowest BCUT2D eigenvalue weighted by Gasteiger charge is -2.15. The van der Waals surface area contributed by atoms with Crippen LogP contribution in [0.3, 0.4) is 0 Å². The summed E-state index contributed by atoms with van der Waals surface area (Å²) in [5.41, 5.74) is 0.555. The van der Waals surface area contributed by atoms with E-state index in [4.69, 9.17) is 4.74 Å². The Bertz CT molecular complexity index is 377. The van der Waals surface area contributed by atoms with Crippen LogP contribution in [0.4, 0.5) is 0 Å². The van der Waals surface area contributed by atoms with Gasteiger partial charge in [0.1, 0.15) is 5.69 Å². The Balaban J connectivity index is 2.08. The minimum absolute atomic E-state index is 0.00796. The molecule has 1 aromatic rings. The van der Waals surface area contributed by atoms with Crippen molar-refractivity contribution in [3.8, 4) is 0 Å².